The van der Waals surface area contributed by atoms with Crippen molar-refractivity contribution in [2.45, 2.75) is 12.2 Å². The maximum Gasteiger partial charge on any atom is 0.417 e. The number of methoxy groups -OCH3 is 1. The molecule has 1 fully saturated rings. The number of ether oxygens (including phenoxy) is 2. The molecular formula is C19H16F4N6O2. The zero-order valence-corrected chi connectivity index (χ0v) is 16.1. The van der Waals surface area contributed by atoms with Gasteiger partial charge >= 0.3 is 6.18 Å². The first kappa shape index (κ1) is 20.7. The molecule has 0 radical (unpaired) electrons. The molecule has 3 heterocycles. The molecule has 12 heteroatoms. The van der Waals surface area contributed by atoms with Crippen molar-refractivity contribution in [1.29, 1.82) is 0 Å². The van der Waals surface area contributed by atoms with E-state index in [1.54, 1.807) is 6.07 Å². The molecule has 8 nitrogen and oxygen atoms in total. The van der Waals surface area contributed by atoms with Crippen LogP contribution in [0.25, 0.3) is 11.4 Å². The average molecular weight is 436 g/mol. The van der Waals surface area contributed by atoms with Crippen LogP contribution in [0.2, 0.25) is 0 Å². The van der Waals surface area contributed by atoms with Gasteiger partial charge in [-0.15, -0.1) is 0 Å². The number of nitrogens with one attached hydrogen (secondary N) is 2. The van der Waals surface area contributed by atoms with Crippen LogP contribution in [0.5, 0.6) is 5.75 Å². The molecule has 0 spiro atoms. The number of aromatic nitrogens is 4. The standard InChI is InChI=1S/C19H16F4N6O2/c1-30-14-4-2-3-13(15(14)20)16-27-17(29-18(28-16)26-12-8-31-9-12)25-11-5-10(6-24-7-11)19(21,22)23/h2-7,12H,8-9H2,1H3,(H2,25,26,27,28,29). The molecule has 0 saturated carbocycles. The maximum absolute atomic E-state index is 14.8. The van der Waals surface area contributed by atoms with Crippen LogP contribution in [0, 0.1) is 5.82 Å². The first-order valence-corrected chi connectivity index (χ1v) is 9.06. The first-order chi connectivity index (χ1) is 14.8. The lowest BCUT2D eigenvalue weighted by molar-refractivity contribution is -0.137. The molecule has 1 aliphatic heterocycles. The summed E-state index contributed by atoms with van der Waals surface area (Å²) in [6, 6.07) is 5.29. The molecule has 0 atom stereocenters. The second kappa shape index (κ2) is 8.30. The van der Waals surface area contributed by atoms with E-state index in [1.165, 1.54) is 25.4 Å². The molecule has 162 valence electrons. The van der Waals surface area contributed by atoms with Gasteiger partial charge in [0.15, 0.2) is 17.4 Å². The van der Waals surface area contributed by atoms with Crippen LogP contribution in [0.3, 0.4) is 0 Å². The molecule has 0 amide bonds. The molecule has 2 N–H and O–H groups in total. The van der Waals surface area contributed by atoms with Gasteiger partial charge in [-0.2, -0.15) is 28.1 Å². The lowest BCUT2D eigenvalue weighted by Gasteiger charge is -2.26. The zero-order valence-electron chi connectivity index (χ0n) is 16.1. The van der Waals surface area contributed by atoms with Gasteiger partial charge in [-0.05, 0) is 18.2 Å². The number of hydrogen-bond acceptors (Lipinski definition) is 8. The summed E-state index contributed by atoms with van der Waals surface area (Å²) in [6.07, 6.45) is -2.66. The Bertz CT molecular complexity index is 1090. The molecule has 0 aliphatic carbocycles. The molecule has 1 aromatic carbocycles. The fraction of sp³-hybridized carbons (Fsp3) is 0.263. The maximum atomic E-state index is 14.8. The fourth-order valence-electron chi connectivity index (χ4n) is 2.75. The normalized spacial score (nSPS) is 14.1. The molecule has 1 saturated heterocycles. The van der Waals surface area contributed by atoms with Crippen molar-refractivity contribution in [2.75, 3.05) is 31.0 Å². The van der Waals surface area contributed by atoms with Crippen molar-refractivity contribution in [2.24, 2.45) is 0 Å². The number of nitrogens with zero attached hydrogens (tertiary/aromatic N) is 4. The van der Waals surface area contributed by atoms with Gasteiger partial charge < -0.3 is 20.1 Å². The van der Waals surface area contributed by atoms with Gasteiger partial charge in [-0.3, -0.25) is 4.98 Å². The summed E-state index contributed by atoms with van der Waals surface area (Å²) in [4.78, 5) is 16.2. The summed E-state index contributed by atoms with van der Waals surface area (Å²) in [6.45, 7) is 0.879. The van der Waals surface area contributed by atoms with Crippen LogP contribution in [-0.4, -0.2) is 46.3 Å². The van der Waals surface area contributed by atoms with E-state index in [1.807, 2.05) is 0 Å². The summed E-state index contributed by atoms with van der Waals surface area (Å²) >= 11 is 0. The summed E-state index contributed by atoms with van der Waals surface area (Å²) in [5.74, 6) is -0.687. The molecule has 0 unspecified atom stereocenters. The minimum Gasteiger partial charge on any atom is -0.494 e. The van der Waals surface area contributed by atoms with Crippen molar-refractivity contribution in [3.05, 3.63) is 48.0 Å². The van der Waals surface area contributed by atoms with E-state index in [4.69, 9.17) is 9.47 Å². The monoisotopic (exact) mass is 436 g/mol. The third kappa shape index (κ3) is 4.63. The van der Waals surface area contributed by atoms with Crippen LogP contribution >= 0.6 is 0 Å². The predicted octanol–water partition coefficient (Wildman–Crippen LogP) is 3.65. The Morgan fingerprint density at radius 2 is 1.87 bits per heavy atom. The molecule has 0 bridgehead atoms. The van der Waals surface area contributed by atoms with E-state index in [9.17, 15) is 17.6 Å². The van der Waals surface area contributed by atoms with Gasteiger partial charge in [0.1, 0.15) is 0 Å². The number of pyridine rings is 1. The van der Waals surface area contributed by atoms with E-state index in [0.717, 1.165) is 6.07 Å². The molecular weight excluding hydrogens is 420 g/mol. The molecule has 2 aromatic heterocycles. The van der Waals surface area contributed by atoms with Gasteiger partial charge in [-0.25, -0.2) is 4.39 Å². The van der Waals surface area contributed by atoms with Crippen molar-refractivity contribution >= 4 is 17.6 Å². The zero-order chi connectivity index (χ0) is 22.0. The highest BCUT2D eigenvalue weighted by molar-refractivity contribution is 5.63. The van der Waals surface area contributed by atoms with E-state index in [2.05, 4.69) is 30.6 Å². The quantitative estimate of drug-likeness (QED) is 0.566. The van der Waals surface area contributed by atoms with Crippen molar-refractivity contribution < 1.29 is 27.0 Å². The number of hydrogen-bond donors (Lipinski definition) is 2. The molecule has 31 heavy (non-hydrogen) atoms. The second-order valence-electron chi connectivity index (χ2n) is 6.59. The minimum absolute atomic E-state index is 0.00333. The van der Waals surface area contributed by atoms with Gasteiger partial charge in [0.25, 0.3) is 0 Å². The van der Waals surface area contributed by atoms with Gasteiger partial charge in [-0.1, -0.05) is 6.07 Å². The number of benzene rings is 1. The third-order valence-electron chi connectivity index (χ3n) is 4.35. The predicted molar refractivity (Wildman–Crippen MR) is 103 cm³/mol. The van der Waals surface area contributed by atoms with Crippen molar-refractivity contribution in [1.82, 2.24) is 19.9 Å². The lowest BCUT2D eigenvalue weighted by atomic mass is 10.2. The van der Waals surface area contributed by atoms with Crippen molar-refractivity contribution in [3.8, 4) is 17.1 Å². The summed E-state index contributed by atoms with van der Waals surface area (Å²) in [5, 5.41) is 5.70. The summed E-state index contributed by atoms with van der Waals surface area (Å²) in [7, 11) is 1.33. The fourth-order valence-corrected chi connectivity index (χ4v) is 2.75. The lowest BCUT2D eigenvalue weighted by Crippen LogP contribution is -2.40. The van der Waals surface area contributed by atoms with Crippen LogP contribution in [0.4, 0.5) is 35.1 Å². The van der Waals surface area contributed by atoms with Gasteiger partial charge in [0.2, 0.25) is 11.9 Å². The van der Waals surface area contributed by atoms with E-state index < -0.39 is 17.6 Å². The number of anilines is 3. The van der Waals surface area contributed by atoms with Crippen molar-refractivity contribution in [3.63, 3.8) is 0 Å². The van der Waals surface area contributed by atoms with Crippen LogP contribution < -0.4 is 15.4 Å². The largest absolute Gasteiger partial charge is 0.494 e. The van der Waals surface area contributed by atoms with Crippen LogP contribution in [-0.2, 0) is 10.9 Å². The first-order valence-electron chi connectivity index (χ1n) is 9.06. The molecule has 1 aliphatic rings. The Balaban J connectivity index is 1.72. The van der Waals surface area contributed by atoms with Crippen LogP contribution in [0.15, 0.2) is 36.7 Å². The van der Waals surface area contributed by atoms with Gasteiger partial charge in [0.05, 0.1) is 49.4 Å². The number of alkyl halides is 3. The topological polar surface area (TPSA) is 94.1 Å². The number of halogens is 4. The Kier molecular flexibility index (Phi) is 5.55. The Labute approximate surface area is 173 Å². The van der Waals surface area contributed by atoms with E-state index in [-0.39, 0.29) is 40.8 Å². The van der Waals surface area contributed by atoms with Crippen LogP contribution in [0.1, 0.15) is 5.56 Å². The average Bonchev–Trinajstić information content (AvgIpc) is 2.70. The smallest absolute Gasteiger partial charge is 0.417 e. The molecule has 4 rings (SSSR count). The Hall–Kier alpha value is -3.54. The summed E-state index contributed by atoms with van der Waals surface area (Å²) in [5.41, 5.74) is -0.883. The highest BCUT2D eigenvalue weighted by atomic mass is 19.4. The summed E-state index contributed by atoms with van der Waals surface area (Å²) < 4.78 is 63.8. The van der Waals surface area contributed by atoms with E-state index >= 15 is 0 Å². The number of rotatable bonds is 6. The Morgan fingerprint density at radius 3 is 2.55 bits per heavy atom. The third-order valence-corrected chi connectivity index (χ3v) is 4.35. The van der Waals surface area contributed by atoms with E-state index in [0.29, 0.717) is 19.4 Å². The highest BCUT2D eigenvalue weighted by Crippen LogP contribution is 2.31. The SMILES string of the molecule is COc1cccc(-c2nc(Nc3cncc(C(F)(F)F)c3)nc(NC3COC3)n2)c1F. The van der Waals surface area contributed by atoms with Gasteiger partial charge in [0, 0.05) is 6.20 Å². The molecule has 3 aromatic rings. The highest BCUT2D eigenvalue weighted by Gasteiger charge is 2.31. The minimum atomic E-state index is -4.56. The second-order valence-corrected chi connectivity index (χ2v) is 6.59. The Morgan fingerprint density at radius 1 is 1.10 bits per heavy atom.